The molecule has 4 heteroatoms. The van der Waals surface area contributed by atoms with E-state index in [0.29, 0.717) is 17.9 Å². The van der Waals surface area contributed by atoms with E-state index in [1.54, 1.807) is 29.9 Å². The molecule has 1 aromatic heterocycles. The number of rotatable bonds is 2. The molecule has 0 radical (unpaired) electrons. The first-order valence-corrected chi connectivity index (χ1v) is 4.69. The quantitative estimate of drug-likeness (QED) is 0.814. The Bertz CT molecular complexity index is 476. The minimum atomic E-state index is -0.182. The molecule has 1 aromatic carbocycles. The molecule has 0 fully saturated rings. The van der Waals surface area contributed by atoms with Gasteiger partial charge in [-0.15, -0.1) is 0 Å². The van der Waals surface area contributed by atoms with Crippen LogP contribution in [-0.4, -0.2) is 9.78 Å². The molecule has 2 N–H and O–H groups in total. The predicted molar refractivity (Wildman–Crippen MR) is 56.9 cm³/mol. The maximum Gasteiger partial charge on any atom is 0.145 e. The lowest BCUT2D eigenvalue weighted by Crippen LogP contribution is -2.01. The predicted octanol–water partition coefficient (Wildman–Crippen LogP) is 1.96. The molecule has 1 heterocycles. The summed E-state index contributed by atoms with van der Waals surface area (Å²) in [6.45, 7) is 2.36. The Kier molecular flexibility index (Phi) is 2.41. The molecule has 0 saturated carbocycles. The van der Waals surface area contributed by atoms with Gasteiger partial charge in [-0.25, -0.2) is 4.39 Å². The van der Waals surface area contributed by atoms with Gasteiger partial charge in [-0.3, -0.25) is 4.68 Å². The second-order valence-electron chi connectivity index (χ2n) is 3.52. The molecule has 2 aromatic rings. The van der Waals surface area contributed by atoms with Crippen molar-refractivity contribution in [2.75, 3.05) is 5.73 Å². The van der Waals surface area contributed by atoms with Gasteiger partial charge >= 0.3 is 0 Å². The highest BCUT2D eigenvalue weighted by molar-refractivity contribution is 5.26. The Morgan fingerprint density at radius 2 is 2.20 bits per heavy atom. The Morgan fingerprint density at radius 3 is 2.80 bits per heavy atom. The number of aromatic nitrogens is 2. The maximum absolute atomic E-state index is 13.0. The summed E-state index contributed by atoms with van der Waals surface area (Å²) >= 11 is 0. The largest absolute Gasteiger partial charge is 0.382 e. The standard InChI is InChI=1S/C11H12FN3/c1-8-6-9(2-3-10(8)12)7-15-5-4-11(13)14-15/h2-6H,7H2,1H3,(H2,13,14). The van der Waals surface area contributed by atoms with Crippen molar-refractivity contribution < 1.29 is 4.39 Å². The van der Waals surface area contributed by atoms with Crippen LogP contribution < -0.4 is 5.73 Å². The van der Waals surface area contributed by atoms with Gasteiger partial charge in [0.05, 0.1) is 6.54 Å². The van der Waals surface area contributed by atoms with Gasteiger partial charge in [-0.1, -0.05) is 12.1 Å². The van der Waals surface area contributed by atoms with Crippen LogP contribution in [0.2, 0.25) is 0 Å². The molecule has 0 amide bonds. The highest BCUT2D eigenvalue weighted by Crippen LogP contribution is 2.10. The summed E-state index contributed by atoms with van der Waals surface area (Å²) in [6.07, 6.45) is 1.80. The van der Waals surface area contributed by atoms with Crippen molar-refractivity contribution in [1.82, 2.24) is 9.78 Å². The summed E-state index contributed by atoms with van der Waals surface area (Å²) in [4.78, 5) is 0. The van der Waals surface area contributed by atoms with E-state index in [1.165, 1.54) is 6.07 Å². The van der Waals surface area contributed by atoms with Crippen LogP contribution >= 0.6 is 0 Å². The average Bonchev–Trinajstić information content (AvgIpc) is 2.58. The first-order valence-electron chi connectivity index (χ1n) is 4.69. The second kappa shape index (κ2) is 3.73. The number of anilines is 1. The minimum Gasteiger partial charge on any atom is -0.382 e. The summed E-state index contributed by atoms with van der Waals surface area (Å²) in [5.74, 6) is 0.313. The van der Waals surface area contributed by atoms with E-state index in [-0.39, 0.29) is 5.82 Å². The van der Waals surface area contributed by atoms with Gasteiger partial charge in [0, 0.05) is 6.20 Å². The number of benzene rings is 1. The first kappa shape index (κ1) is 9.71. The lowest BCUT2D eigenvalue weighted by Gasteiger charge is -2.03. The molecule has 3 nitrogen and oxygen atoms in total. The molecule has 2 rings (SSSR count). The molecule has 0 aliphatic rings. The molecule has 0 aliphatic heterocycles. The third-order valence-electron chi connectivity index (χ3n) is 2.23. The fraction of sp³-hybridized carbons (Fsp3) is 0.182. The van der Waals surface area contributed by atoms with Crippen molar-refractivity contribution >= 4 is 5.82 Å². The van der Waals surface area contributed by atoms with Crippen LogP contribution in [0.4, 0.5) is 10.2 Å². The maximum atomic E-state index is 13.0. The Hall–Kier alpha value is -1.84. The SMILES string of the molecule is Cc1cc(Cn2ccc(N)n2)ccc1F. The third-order valence-corrected chi connectivity index (χ3v) is 2.23. The Labute approximate surface area is 87.3 Å². The fourth-order valence-corrected chi connectivity index (χ4v) is 1.46. The van der Waals surface area contributed by atoms with Gasteiger partial charge in [0.2, 0.25) is 0 Å². The summed E-state index contributed by atoms with van der Waals surface area (Å²) in [5.41, 5.74) is 7.15. The van der Waals surface area contributed by atoms with Crippen LogP contribution in [-0.2, 0) is 6.54 Å². The zero-order valence-corrected chi connectivity index (χ0v) is 8.44. The Balaban J connectivity index is 2.21. The number of hydrogen-bond donors (Lipinski definition) is 1. The van der Waals surface area contributed by atoms with Crippen LogP contribution in [0.5, 0.6) is 0 Å². The molecule has 0 spiro atoms. The monoisotopic (exact) mass is 205 g/mol. The lowest BCUT2D eigenvalue weighted by molar-refractivity contribution is 0.615. The van der Waals surface area contributed by atoms with E-state index in [0.717, 1.165) is 5.56 Å². The van der Waals surface area contributed by atoms with Crippen molar-refractivity contribution in [1.29, 1.82) is 0 Å². The zero-order valence-electron chi connectivity index (χ0n) is 8.44. The molecule has 0 atom stereocenters. The Morgan fingerprint density at radius 1 is 1.40 bits per heavy atom. The second-order valence-corrected chi connectivity index (χ2v) is 3.52. The molecule has 15 heavy (non-hydrogen) atoms. The number of halogens is 1. The molecule has 0 bridgehead atoms. The van der Waals surface area contributed by atoms with Crippen molar-refractivity contribution in [3.05, 3.63) is 47.4 Å². The van der Waals surface area contributed by atoms with Gasteiger partial charge in [0.1, 0.15) is 11.6 Å². The van der Waals surface area contributed by atoms with Crippen molar-refractivity contribution in [3.63, 3.8) is 0 Å². The van der Waals surface area contributed by atoms with E-state index in [9.17, 15) is 4.39 Å². The van der Waals surface area contributed by atoms with Crippen molar-refractivity contribution in [3.8, 4) is 0 Å². The van der Waals surface area contributed by atoms with E-state index >= 15 is 0 Å². The highest BCUT2D eigenvalue weighted by atomic mass is 19.1. The number of nitrogen functional groups attached to an aromatic ring is 1. The molecule has 0 saturated heterocycles. The molecular weight excluding hydrogens is 193 g/mol. The topological polar surface area (TPSA) is 43.8 Å². The van der Waals surface area contributed by atoms with E-state index in [2.05, 4.69) is 5.10 Å². The van der Waals surface area contributed by atoms with Crippen molar-refractivity contribution in [2.45, 2.75) is 13.5 Å². The van der Waals surface area contributed by atoms with Crippen LogP contribution in [0.1, 0.15) is 11.1 Å². The first-order chi connectivity index (χ1) is 7.15. The number of nitrogens with two attached hydrogens (primary N) is 1. The summed E-state index contributed by atoms with van der Waals surface area (Å²) in [6, 6.07) is 6.77. The summed E-state index contributed by atoms with van der Waals surface area (Å²) in [5, 5.41) is 4.06. The van der Waals surface area contributed by atoms with Crippen LogP contribution in [0.3, 0.4) is 0 Å². The smallest absolute Gasteiger partial charge is 0.145 e. The zero-order chi connectivity index (χ0) is 10.8. The van der Waals surface area contributed by atoms with Gasteiger partial charge in [-0.05, 0) is 30.2 Å². The molecule has 0 unspecified atom stereocenters. The van der Waals surface area contributed by atoms with Crippen LogP contribution in [0, 0.1) is 12.7 Å². The normalized spacial score (nSPS) is 10.5. The molecular formula is C11H12FN3. The lowest BCUT2D eigenvalue weighted by atomic mass is 10.1. The van der Waals surface area contributed by atoms with Gasteiger partial charge in [-0.2, -0.15) is 5.10 Å². The number of aryl methyl sites for hydroxylation is 1. The van der Waals surface area contributed by atoms with Gasteiger partial charge in [0.15, 0.2) is 0 Å². The van der Waals surface area contributed by atoms with Crippen molar-refractivity contribution in [2.24, 2.45) is 0 Å². The van der Waals surface area contributed by atoms with Crippen LogP contribution in [0.25, 0.3) is 0 Å². The fourth-order valence-electron chi connectivity index (χ4n) is 1.46. The van der Waals surface area contributed by atoms with E-state index < -0.39 is 0 Å². The van der Waals surface area contributed by atoms with Crippen LogP contribution in [0.15, 0.2) is 30.5 Å². The number of nitrogens with zero attached hydrogens (tertiary/aromatic N) is 2. The van der Waals surface area contributed by atoms with Gasteiger partial charge in [0.25, 0.3) is 0 Å². The van der Waals surface area contributed by atoms with E-state index in [4.69, 9.17) is 5.73 Å². The van der Waals surface area contributed by atoms with Gasteiger partial charge < -0.3 is 5.73 Å². The third kappa shape index (κ3) is 2.15. The summed E-state index contributed by atoms with van der Waals surface area (Å²) < 4.78 is 14.7. The molecule has 78 valence electrons. The summed E-state index contributed by atoms with van der Waals surface area (Å²) in [7, 11) is 0. The average molecular weight is 205 g/mol. The minimum absolute atomic E-state index is 0.182. The van der Waals surface area contributed by atoms with E-state index in [1.807, 2.05) is 6.07 Å². The molecule has 0 aliphatic carbocycles. The number of hydrogen-bond acceptors (Lipinski definition) is 2. The highest BCUT2D eigenvalue weighted by Gasteiger charge is 2.00.